The van der Waals surface area contributed by atoms with Crippen molar-refractivity contribution in [3.05, 3.63) is 63.7 Å². The molecule has 2 heterocycles. The summed E-state index contributed by atoms with van der Waals surface area (Å²) >= 11 is 0. The maximum Gasteiger partial charge on any atom is 0.261 e. The number of nitrogen functional groups attached to an aromatic ring is 1. The Bertz CT molecular complexity index is 1330. The van der Waals surface area contributed by atoms with Crippen LogP contribution in [0.3, 0.4) is 0 Å². The average Bonchev–Trinajstić information content (AvgIpc) is 3.18. The van der Waals surface area contributed by atoms with Gasteiger partial charge in [0.05, 0.1) is 23.4 Å². The summed E-state index contributed by atoms with van der Waals surface area (Å²) in [6.45, 7) is 3.46. The molecular weight excluding hydrogens is 460 g/mol. The molecule has 1 fully saturated rings. The second kappa shape index (κ2) is 10.5. The van der Waals surface area contributed by atoms with E-state index >= 15 is 0 Å². The number of carbonyl (C=O) groups is 4. The number of nitrogens with one attached hydrogen (secondary N) is 1. The van der Waals surface area contributed by atoms with Crippen LogP contribution in [0.25, 0.3) is 12.2 Å². The molecule has 0 saturated carbocycles. The van der Waals surface area contributed by atoms with Crippen molar-refractivity contribution in [2.75, 3.05) is 38.5 Å². The molecule has 2 aliphatic heterocycles. The van der Waals surface area contributed by atoms with E-state index in [1.54, 1.807) is 52.3 Å². The second-order valence-electron chi connectivity index (χ2n) is 8.49. The van der Waals surface area contributed by atoms with E-state index in [4.69, 9.17) is 10.8 Å². The van der Waals surface area contributed by atoms with Crippen LogP contribution in [0, 0.1) is 11.8 Å². The number of aliphatic hydroxyl groups is 1. The van der Waals surface area contributed by atoms with Gasteiger partial charge >= 0.3 is 0 Å². The molecule has 0 aromatic heterocycles. The van der Waals surface area contributed by atoms with Crippen LogP contribution >= 0.6 is 0 Å². The van der Waals surface area contributed by atoms with Gasteiger partial charge in [0.25, 0.3) is 17.7 Å². The molecule has 0 aliphatic carbocycles. The third kappa shape index (κ3) is 4.99. The summed E-state index contributed by atoms with van der Waals surface area (Å²) in [6, 6.07) is 8.69. The molecule has 184 valence electrons. The molecule has 2 aliphatic rings. The van der Waals surface area contributed by atoms with E-state index in [1.807, 2.05) is 0 Å². The quantitative estimate of drug-likeness (QED) is 0.259. The SMILES string of the molecule is CC(=O)N1CCN(C(=O)c2ccc(/C=C/c3cc(C#CCCO)c(N)c4c3C(=O)NC4=O)cc2)CC1. The minimum atomic E-state index is -0.569. The van der Waals surface area contributed by atoms with Gasteiger partial charge in [0, 0.05) is 50.7 Å². The first-order valence-corrected chi connectivity index (χ1v) is 11.5. The highest BCUT2D eigenvalue weighted by Crippen LogP contribution is 2.30. The van der Waals surface area contributed by atoms with Crippen molar-refractivity contribution >= 4 is 41.5 Å². The van der Waals surface area contributed by atoms with Crippen molar-refractivity contribution in [3.63, 3.8) is 0 Å². The van der Waals surface area contributed by atoms with Crippen LogP contribution in [-0.2, 0) is 4.79 Å². The van der Waals surface area contributed by atoms with Gasteiger partial charge in [-0.15, -0.1) is 0 Å². The molecule has 2 aromatic carbocycles. The largest absolute Gasteiger partial charge is 0.397 e. The van der Waals surface area contributed by atoms with Crippen LogP contribution in [0.1, 0.15) is 61.1 Å². The van der Waals surface area contributed by atoms with Crippen molar-refractivity contribution < 1.29 is 24.3 Å². The minimum absolute atomic E-state index is 0.0103. The summed E-state index contributed by atoms with van der Waals surface area (Å²) in [4.78, 5) is 52.5. The summed E-state index contributed by atoms with van der Waals surface area (Å²) in [7, 11) is 0. The van der Waals surface area contributed by atoms with E-state index in [9.17, 15) is 19.2 Å². The molecule has 0 bridgehead atoms. The van der Waals surface area contributed by atoms with Crippen LogP contribution in [0.2, 0.25) is 0 Å². The van der Waals surface area contributed by atoms with Crippen LogP contribution in [-0.4, -0.2) is 71.3 Å². The third-order valence-corrected chi connectivity index (χ3v) is 6.16. The number of imide groups is 1. The lowest BCUT2D eigenvalue weighted by atomic mass is 9.95. The Hall–Kier alpha value is -4.42. The summed E-state index contributed by atoms with van der Waals surface area (Å²) in [5.41, 5.74) is 8.75. The van der Waals surface area contributed by atoms with Gasteiger partial charge in [0.2, 0.25) is 5.91 Å². The normalized spacial score (nSPS) is 14.9. The molecule has 4 rings (SSSR count). The third-order valence-electron chi connectivity index (χ3n) is 6.16. The highest BCUT2D eigenvalue weighted by atomic mass is 16.3. The lowest BCUT2D eigenvalue weighted by Gasteiger charge is -2.34. The first-order valence-electron chi connectivity index (χ1n) is 11.5. The lowest BCUT2D eigenvalue weighted by Crippen LogP contribution is -2.50. The molecule has 0 atom stereocenters. The number of nitrogens with zero attached hydrogens (tertiary/aromatic N) is 2. The molecule has 4 N–H and O–H groups in total. The molecule has 9 heteroatoms. The topological polar surface area (TPSA) is 133 Å². The number of anilines is 1. The summed E-state index contributed by atoms with van der Waals surface area (Å²) in [6.07, 6.45) is 3.72. The number of hydrogen-bond donors (Lipinski definition) is 3. The van der Waals surface area contributed by atoms with Crippen LogP contribution in [0.5, 0.6) is 0 Å². The Labute approximate surface area is 208 Å². The number of benzene rings is 2. The minimum Gasteiger partial charge on any atom is -0.397 e. The summed E-state index contributed by atoms with van der Waals surface area (Å²) in [5.74, 6) is 4.46. The van der Waals surface area contributed by atoms with Gasteiger partial charge in [-0.1, -0.05) is 36.1 Å². The van der Waals surface area contributed by atoms with Crippen molar-refractivity contribution in [2.24, 2.45) is 0 Å². The zero-order valence-electron chi connectivity index (χ0n) is 19.8. The van der Waals surface area contributed by atoms with E-state index in [-0.39, 0.29) is 41.7 Å². The summed E-state index contributed by atoms with van der Waals surface area (Å²) in [5, 5.41) is 11.2. The summed E-state index contributed by atoms with van der Waals surface area (Å²) < 4.78 is 0. The monoisotopic (exact) mass is 486 g/mol. The Balaban J connectivity index is 1.55. The highest BCUT2D eigenvalue weighted by Gasteiger charge is 2.32. The van der Waals surface area contributed by atoms with E-state index < -0.39 is 11.8 Å². The Morgan fingerprint density at radius 2 is 1.67 bits per heavy atom. The van der Waals surface area contributed by atoms with Crippen LogP contribution in [0.4, 0.5) is 5.69 Å². The molecule has 0 unspecified atom stereocenters. The van der Waals surface area contributed by atoms with Gasteiger partial charge in [-0.25, -0.2) is 0 Å². The van der Waals surface area contributed by atoms with Gasteiger partial charge < -0.3 is 20.6 Å². The predicted octanol–water partition coefficient (Wildman–Crippen LogP) is 1.36. The standard InChI is InChI=1S/C27H26N4O5/c1-17(33)30-11-13-31(14-12-30)27(36)19-8-5-18(6-9-19)7-10-20-16-21(4-2-3-15-32)24(28)23-22(20)25(34)29-26(23)35/h5-10,16,32H,3,11-15,28H2,1H3,(H,29,34,35)/b10-7+. The number of aliphatic hydroxyl groups excluding tert-OH is 1. The van der Waals surface area contributed by atoms with E-state index in [2.05, 4.69) is 17.2 Å². The Morgan fingerprint density at radius 3 is 2.31 bits per heavy atom. The molecule has 0 radical (unpaired) electrons. The fraction of sp³-hybridized carbons (Fsp3) is 0.259. The molecule has 36 heavy (non-hydrogen) atoms. The fourth-order valence-corrected chi connectivity index (χ4v) is 4.21. The molecule has 0 spiro atoms. The fourth-order valence-electron chi connectivity index (χ4n) is 4.21. The van der Waals surface area contributed by atoms with Crippen LogP contribution in [0.15, 0.2) is 30.3 Å². The number of fused-ring (bicyclic) bond motifs is 1. The van der Waals surface area contributed by atoms with Crippen molar-refractivity contribution in [1.29, 1.82) is 0 Å². The molecular formula is C27H26N4O5. The first-order chi connectivity index (χ1) is 17.3. The second-order valence-corrected chi connectivity index (χ2v) is 8.49. The first kappa shape index (κ1) is 24.7. The number of carbonyl (C=O) groups excluding carboxylic acids is 4. The average molecular weight is 487 g/mol. The lowest BCUT2D eigenvalue weighted by molar-refractivity contribution is -0.130. The number of nitrogens with two attached hydrogens (primary N) is 1. The van der Waals surface area contributed by atoms with Gasteiger partial charge in [-0.05, 0) is 29.3 Å². The Morgan fingerprint density at radius 1 is 1.03 bits per heavy atom. The molecule has 2 aromatic rings. The number of piperazine rings is 1. The Kier molecular flexibility index (Phi) is 7.17. The van der Waals surface area contributed by atoms with E-state index in [0.717, 1.165) is 5.56 Å². The van der Waals surface area contributed by atoms with Crippen molar-refractivity contribution in [1.82, 2.24) is 15.1 Å². The number of amides is 4. The molecule has 9 nitrogen and oxygen atoms in total. The van der Waals surface area contributed by atoms with Crippen molar-refractivity contribution in [3.8, 4) is 11.8 Å². The predicted molar refractivity (Wildman–Crippen MR) is 135 cm³/mol. The zero-order chi connectivity index (χ0) is 25.8. The van der Waals surface area contributed by atoms with Gasteiger partial charge in [0.1, 0.15) is 0 Å². The molecule has 4 amide bonds. The van der Waals surface area contributed by atoms with E-state index in [1.165, 1.54) is 6.92 Å². The smallest absolute Gasteiger partial charge is 0.261 e. The highest BCUT2D eigenvalue weighted by molar-refractivity contribution is 6.25. The zero-order valence-corrected chi connectivity index (χ0v) is 19.8. The number of rotatable bonds is 4. The van der Waals surface area contributed by atoms with Gasteiger partial charge in [-0.3, -0.25) is 24.5 Å². The number of hydrogen-bond acceptors (Lipinski definition) is 6. The van der Waals surface area contributed by atoms with Gasteiger partial charge in [0.15, 0.2) is 0 Å². The van der Waals surface area contributed by atoms with Crippen LogP contribution < -0.4 is 11.1 Å². The maximum atomic E-state index is 12.8. The van der Waals surface area contributed by atoms with Gasteiger partial charge in [-0.2, -0.15) is 0 Å². The van der Waals surface area contributed by atoms with Crippen molar-refractivity contribution in [2.45, 2.75) is 13.3 Å². The van der Waals surface area contributed by atoms with E-state index in [0.29, 0.717) is 42.9 Å². The molecule has 1 saturated heterocycles. The maximum absolute atomic E-state index is 12.8.